The number of methoxy groups -OCH3 is 1. The molecule has 1 aliphatic rings. The summed E-state index contributed by atoms with van der Waals surface area (Å²) in [5.41, 5.74) is 1.94. The zero-order valence-electron chi connectivity index (χ0n) is 17.4. The first-order chi connectivity index (χ1) is 15.0. The molecule has 2 aromatic carbocycles. The maximum atomic E-state index is 14.6. The number of hydrogen-bond donors (Lipinski definition) is 2. The number of aromatic hydroxyl groups is 1. The van der Waals surface area contributed by atoms with Crippen molar-refractivity contribution in [1.29, 1.82) is 0 Å². The first-order valence-electron chi connectivity index (χ1n) is 10.4. The molecule has 0 spiro atoms. The largest absolute Gasteiger partial charge is 0.507 e. The molecule has 1 saturated heterocycles. The Balaban J connectivity index is 1.71. The molecule has 0 unspecified atom stereocenters. The SMILES string of the molecule is COc1ccc(-c2cc(-c3c(F)cccc3Cl)cc(NCCN3CCCC3)n2)c(O)c1. The van der Waals surface area contributed by atoms with Gasteiger partial charge in [-0.15, -0.1) is 0 Å². The van der Waals surface area contributed by atoms with E-state index in [0.29, 0.717) is 39.0 Å². The van der Waals surface area contributed by atoms with Gasteiger partial charge in [-0.25, -0.2) is 9.37 Å². The maximum absolute atomic E-state index is 14.6. The van der Waals surface area contributed by atoms with Gasteiger partial charge in [-0.2, -0.15) is 0 Å². The van der Waals surface area contributed by atoms with E-state index in [9.17, 15) is 9.50 Å². The van der Waals surface area contributed by atoms with Crippen LogP contribution in [0.4, 0.5) is 10.2 Å². The van der Waals surface area contributed by atoms with Crippen LogP contribution in [-0.4, -0.2) is 48.3 Å². The lowest BCUT2D eigenvalue weighted by atomic mass is 10.0. The van der Waals surface area contributed by atoms with Gasteiger partial charge in [-0.05, 0) is 67.9 Å². The third-order valence-electron chi connectivity index (χ3n) is 5.49. The monoisotopic (exact) mass is 441 g/mol. The third-order valence-corrected chi connectivity index (χ3v) is 5.81. The van der Waals surface area contributed by atoms with E-state index in [4.69, 9.17) is 16.3 Å². The Kier molecular flexibility index (Phi) is 6.59. The van der Waals surface area contributed by atoms with E-state index >= 15 is 0 Å². The van der Waals surface area contributed by atoms with Gasteiger partial charge < -0.3 is 20.1 Å². The lowest BCUT2D eigenvalue weighted by molar-refractivity contribution is 0.352. The number of likely N-dealkylation sites (tertiary alicyclic amines) is 1. The van der Waals surface area contributed by atoms with Crippen LogP contribution in [0.25, 0.3) is 22.4 Å². The van der Waals surface area contributed by atoms with Crippen molar-refractivity contribution in [2.45, 2.75) is 12.8 Å². The summed E-state index contributed by atoms with van der Waals surface area (Å²) in [5, 5.41) is 14.2. The minimum absolute atomic E-state index is 0.0339. The molecule has 0 aliphatic carbocycles. The number of nitrogens with zero attached hydrogens (tertiary/aromatic N) is 2. The summed E-state index contributed by atoms with van der Waals surface area (Å²) < 4.78 is 19.8. The molecule has 4 rings (SSSR count). The third kappa shape index (κ3) is 4.92. The number of rotatable bonds is 7. The first-order valence-corrected chi connectivity index (χ1v) is 10.7. The Morgan fingerprint density at radius 2 is 1.97 bits per heavy atom. The average molecular weight is 442 g/mol. The molecule has 2 heterocycles. The minimum Gasteiger partial charge on any atom is -0.507 e. The smallest absolute Gasteiger partial charge is 0.132 e. The maximum Gasteiger partial charge on any atom is 0.132 e. The lowest BCUT2D eigenvalue weighted by Gasteiger charge is -2.17. The van der Waals surface area contributed by atoms with Gasteiger partial charge in [-0.1, -0.05) is 17.7 Å². The van der Waals surface area contributed by atoms with Crippen molar-refractivity contribution >= 4 is 17.4 Å². The number of halogens is 2. The highest BCUT2D eigenvalue weighted by Gasteiger charge is 2.16. The fourth-order valence-electron chi connectivity index (χ4n) is 3.88. The molecule has 0 bridgehead atoms. The van der Waals surface area contributed by atoms with Gasteiger partial charge in [0.2, 0.25) is 0 Å². The lowest BCUT2D eigenvalue weighted by Crippen LogP contribution is -2.26. The number of ether oxygens (including phenoxy) is 1. The first kappa shape index (κ1) is 21.4. The van der Waals surface area contributed by atoms with Gasteiger partial charge in [0.25, 0.3) is 0 Å². The molecule has 0 atom stereocenters. The van der Waals surface area contributed by atoms with E-state index in [1.54, 1.807) is 36.4 Å². The molecule has 0 saturated carbocycles. The summed E-state index contributed by atoms with van der Waals surface area (Å²) >= 11 is 6.32. The van der Waals surface area contributed by atoms with Gasteiger partial charge in [0.1, 0.15) is 23.1 Å². The van der Waals surface area contributed by atoms with Gasteiger partial charge >= 0.3 is 0 Å². The van der Waals surface area contributed by atoms with Gasteiger partial charge in [-0.3, -0.25) is 0 Å². The van der Waals surface area contributed by atoms with E-state index in [1.165, 1.54) is 32.1 Å². The van der Waals surface area contributed by atoms with Crippen molar-refractivity contribution < 1.29 is 14.2 Å². The van der Waals surface area contributed by atoms with Crippen LogP contribution in [0.2, 0.25) is 5.02 Å². The molecule has 1 aromatic heterocycles. The van der Waals surface area contributed by atoms with Crippen LogP contribution >= 0.6 is 11.6 Å². The van der Waals surface area contributed by atoms with E-state index < -0.39 is 5.82 Å². The van der Waals surface area contributed by atoms with Crippen LogP contribution in [0.1, 0.15) is 12.8 Å². The van der Waals surface area contributed by atoms with Gasteiger partial charge in [0.05, 0.1) is 17.8 Å². The van der Waals surface area contributed by atoms with Gasteiger partial charge in [0.15, 0.2) is 0 Å². The molecule has 7 heteroatoms. The number of aromatic nitrogens is 1. The van der Waals surface area contributed by atoms with Crippen molar-refractivity contribution in [2.24, 2.45) is 0 Å². The molecular weight excluding hydrogens is 417 g/mol. The topological polar surface area (TPSA) is 57.6 Å². The Labute approximate surface area is 186 Å². The van der Waals surface area contributed by atoms with Crippen LogP contribution in [0.3, 0.4) is 0 Å². The predicted octanol–water partition coefficient (Wildman–Crippen LogP) is 5.43. The Morgan fingerprint density at radius 3 is 2.68 bits per heavy atom. The van der Waals surface area contributed by atoms with Crippen LogP contribution in [0, 0.1) is 5.82 Å². The number of anilines is 1. The van der Waals surface area contributed by atoms with E-state index in [-0.39, 0.29) is 5.75 Å². The highest BCUT2D eigenvalue weighted by molar-refractivity contribution is 6.33. The minimum atomic E-state index is -0.411. The second-order valence-corrected chi connectivity index (χ2v) is 7.99. The van der Waals surface area contributed by atoms with Crippen molar-refractivity contribution in [1.82, 2.24) is 9.88 Å². The van der Waals surface area contributed by atoms with Crippen LogP contribution in [0.15, 0.2) is 48.5 Å². The Hall–Kier alpha value is -2.83. The summed E-state index contributed by atoms with van der Waals surface area (Å²) in [6.07, 6.45) is 2.47. The summed E-state index contributed by atoms with van der Waals surface area (Å²) in [4.78, 5) is 7.08. The fourth-order valence-corrected chi connectivity index (χ4v) is 4.15. The Bertz CT molecular complexity index is 1050. The van der Waals surface area contributed by atoms with Crippen LogP contribution in [0.5, 0.6) is 11.5 Å². The molecule has 0 radical (unpaired) electrons. The van der Waals surface area contributed by atoms with Crippen LogP contribution < -0.4 is 10.1 Å². The summed E-state index contributed by atoms with van der Waals surface area (Å²) in [7, 11) is 1.54. The van der Waals surface area contributed by atoms with E-state index in [2.05, 4.69) is 15.2 Å². The number of phenolic OH excluding ortho intramolecular Hbond substituents is 1. The average Bonchev–Trinajstić information content (AvgIpc) is 3.27. The Morgan fingerprint density at radius 1 is 1.16 bits per heavy atom. The van der Waals surface area contributed by atoms with Crippen molar-refractivity contribution in [2.75, 3.05) is 38.6 Å². The van der Waals surface area contributed by atoms with Crippen molar-refractivity contribution in [3.63, 3.8) is 0 Å². The molecular formula is C24H25ClFN3O2. The number of hydrogen-bond acceptors (Lipinski definition) is 5. The summed E-state index contributed by atoms with van der Waals surface area (Å²) in [5.74, 6) is 0.762. The molecule has 162 valence electrons. The summed E-state index contributed by atoms with van der Waals surface area (Å²) in [6.45, 7) is 3.86. The van der Waals surface area contributed by atoms with E-state index in [0.717, 1.165) is 26.2 Å². The zero-order chi connectivity index (χ0) is 21.8. The molecule has 1 aliphatic heterocycles. The fraction of sp³-hybridized carbons (Fsp3) is 0.292. The second-order valence-electron chi connectivity index (χ2n) is 7.58. The normalized spacial score (nSPS) is 14.0. The molecule has 1 fully saturated rings. The number of phenols is 1. The number of pyridine rings is 1. The molecule has 2 N–H and O–H groups in total. The molecule has 5 nitrogen and oxygen atoms in total. The highest BCUT2D eigenvalue weighted by Crippen LogP contribution is 2.37. The second kappa shape index (κ2) is 9.54. The predicted molar refractivity (Wildman–Crippen MR) is 122 cm³/mol. The quantitative estimate of drug-likeness (QED) is 0.512. The summed E-state index contributed by atoms with van der Waals surface area (Å²) in [6, 6.07) is 13.2. The molecule has 0 amide bonds. The van der Waals surface area contributed by atoms with Crippen molar-refractivity contribution in [3.05, 3.63) is 59.4 Å². The zero-order valence-corrected chi connectivity index (χ0v) is 18.1. The number of benzene rings is 2. The van der Waals surface area contributed by atoms with Crippen molar-refractivity contribution in [3.8, 4) is 33.9 Å². The van der Waals surface area contributed by atoms with Crippen LogP contribution in [-0.2, 0) is 0 Å². The standard InChI is InChI=1S/C24H25ClFN3O2/c1-31-17-7-8-18(22(30)15-17)21-13-16(24-19(25)5-4-6-20(24)26)14-23(28-21)27-9-12-29-10-2-3-11-29/h4-8,13-15,30H,2-3,9-12H2,1H3,(H,27,28). The molecule has 31 heavy (non-hydrogen) atoms. The number of nitrogens with one attached hydrogen (secondary N) is 1. The molecule has 3 aromatic rings. The van der Waals surface area contributed by atoms with Gasteiger partial charge in [0, 0.05) is 30.3 Å². The van der Waals surface area contributed by atoms with E-state index in [1.807, 2.05) is 0 Å². The highest BCUT2D eigenvalue weighted by atomic mass is 35.5.